The van der Waals surface area contributed by atoms with E-state index in [0.717, 1.165) is 39.0 Å². The molecule has 128 valence electrons. The fraction of sp³-hybridized carbons (Fsp3) is 0.706. The van der Waals surface area contributed by atoms with Crippen LogP contribution in [0.5, 0.6) is 0 Å². The fourth-order valence-corrected chi connectivity index (χ4v) is 3.74. The van der Waals surface area contributed by atoms with E-state index in [0.29, 0.717) is 13.2 Å². The van der Waals surface area contributed by atoms with Gasteiger partial charge < -0.3 is 19.7 Å². The van der Waals surface area contributed by atoms with Gasteiger partial charge >= 0.3 is 6.03 Å². The summed E-state index contributed by atoms with van der Waals surface area (Å²) in [5.41, 5.74) is 0. The van der Waals surface area contributed by atoms with E-state index in [1.807, 2.05) is 22.4 Å². The lowest BCUT2D eigenvalue weighted by Gasteiger charge is -2.33. The molecule has 1 atom stereocenters. The van der Waals surface area contributed by atoms with Crippen LogP contribution in [0.15, 0.2) is 17.5 Å². The van der Waals surface area contributed by atoms with Crippen LogP contribution in [0, 0.1) is 0 Å². The molecule has 0 aliphatic carbocycles. The molecule has 0 aromatic carbocycles. The van der Waals surface area contributed by atoms with Gasteiger partial charge in [-0.15, -0.1) is 11.3 Å². The second kappa shape index (κ2) is 8.66. The first-order valence-corrected chi connectivity index (χ1v) is 9.47. The number of ether oxygens (including phenoxy) is 2. The van der Waals surface area contributed by atoms with E-state index >= 15 is 0 Å². The third-order valence-corrected chi connectivity index (χ3v) is 5.39. The standard InChI is InChI=1S/C17H26N2O3S/c20-17(18-12-16-5-3-11-23-16)19-8-6-14(7-9-19)22-13-15-4-1-2-10-21-15/h3,5,11,14-15H,1-2,4,6-10,12-13H2,(H,18,20)/t15-/m0/s1. The van der Waals surface area contributed by atoms with Crippen LogP contribution in [-0.2, 0) is 16.0 Å². The Labute approximate surface area is 142 Å². The lowest BCUT2D eigenvalue weighted by molar-refractivity contribution is -0.0728. The highest BCUT2D eigenvalue weighted by Crippen LogP contribution is 2.18. The number of thiophene rings is 1. The summed E-state index contributed by atoms with van der Waals surface area (Å²) < 4.78 is 11.7. The van der Waals surface area contributed by atoms with E-state index in [4.69, 9.17) is 9.47 Å². The Morgan fingerprint density at radius 2 is 2.22 bits per heavy atom. The second-order valence-corrected chi connectivity index (χ2v) is 7.28. The maximum absolute atomic E-state index is 12.2. The third kappa shape index (κ3) is 5.19. The highest BCUT2D eigenvalue weighted by molar-refractivity contribution is 7.09. The van der Waals surface area contributed by atoms with Gasteiger partial charge in [0, 0.05) is 24.6 Å². The molecular formula is C17H26N2O3S. The number of nitrogens with zero attached hydrogens (tertiary/aromatic N) is 1. The number of amides is 2. The monoisotopic (exact) mass is 338 g/mol. The van der Waals surface area contributed by atoms with Crippen molar-refractivity contribution in [2.45, 2.75) is 50.9 Å². The average molecular weight is 338 g/mol. The van der Waals surface area contributed by atoms with Crippen LogP contribution in [0.3, 0.4) is 0 Å². The van der Waals surface area contributed by atoms with Crippen molar-refractivity contribution in [1.29, 1.82) is 0 Å². The van der Waals surface area contributed by atoms with Gasteiger partial charge in [0.1, 0.15) is 0 Å². The molecule has 0 bridgehead atoms. The molecule has 0 unspecified atom stereocenters. The smallest absolute Gasteiger partial charge is 0.317 e. The number of hydrogen-bond acceptors (Lipinski definition) is 4. The van der Waals surface area contributed by atoms with Crippen LogP contribution < -0.4 is 5.32 Å². The zero-order chi connectivity index (χ0) is 15.9. The Balaban J connectivity index is 1.32. The van der Waals surface area contributed by atoms with Gasteiger partial charge in [-0.25, -0.2) is 4.79 Å². The minimum absolute atomic E-state index is 0.0347. The summed E-state index contributed by atoms with van der Waals surface area (Å²) in [6.07, 6.45) is 5.91. The van der Waals surface area contributed by atoms with Crippen molar-refractivity contribution in [3.63, 3.8) is 0 Å². The Morgan fingerprint density at radius 1 is 1.35 bits per heavy atom. The van der Waals surface area contributed by atoms with Gasteiger partial charge in [0.15, 0.2) is 0 Å². The molecular weight excluding hydrogens is 312 g/mol. The Bertz CT molecular complexity index is 466. The molecule has 2 aliphatic heterocycles. The molecule has 5 nitrogen and oxygen atoms in total. The van der Waals surface area contributed by atoms with Crippen molar-refractivity contribution in [1.82, 2.24) is 10.2 Å². The van der Waals surface area contributed by atoms with E-state index in [-0.39, 0.29) is 18.2 Å². The van der Waals surface area contributed by atoms with Crippen molar-refractivity contribution in [2.24, 2.45) is 0 Å². The van der Waals surface area contributed by atoms with Crippen LogP contribution in [0.1, 0.15) is 37.0 Å². The van der Waals surface area contributed by atoms with Crippen molar-refractivity contribution >= 4 is 17.4 Å². The molecule has 1 aromatic rings. The summed E-state index contributed by atoms with van der Waals surface area (Å²) in [6, 6.07) is 4.08. The summed E-state index contributed by atoms with van der Waals surface area (Å²) in [6.45, 7) is 3.73. The molecule has 6 heteroatoms. The van der Waals surface area contributed by atoms with Crippen LogP contribution in [0.25, 0.3) is 0 Å². The molecule has 2 aliphatic rings. The number of likely N-dealkylation sites (tertiary alicyclic amines) is 1. The molecule has 2 fully saturated rings. The maximum atomic E-state index is 12.2. The Kier molecular flexibility index (Phi) is 6.30. The quantitative estimate of drug-likeness (QED) is 0.898. The fourth-order valence-electron chi connectivity index (χ4n) is 3.10. The first-order chi connectivity index (χ1) is 11.3. The largest absolute Gasteiger partial charge is 0.376 e. The zero-order valence-electron chi connectivity index (χ0n) is 13.5. The summed E-state index contributed by atoms with van der Waals surface area (Å²) in [4.78, 5) is 15.2. The Morgan fingerprint density at radius 3 is 2.91 bits per heavy atom. The lowest BCUT2D eigenvalue weighted by Crippen LogP contribution is -2.46. The molecule has 1 N–H and O–H groups in total. The number of urea groups is 1. The number of hydrogen-bond donors (Lipinski definition) is 1. The van der Waals surface area contributed by atoms with Gasteiger partial charge in [-0.05, 0) is 43.6 Å². The molecule has 2 saturated heterocycles. The second-order valence-electron chi connectivity index (χ2n) is 6.25. The molecule has 1 aromatic heterocycles. The van der Waals surface area contributed by atoms with Crippen molar-refractivity contribution in [3.8, 4) is 0 Å². The molecule has 0 saturated carbocycles. The number of rotatable bonds is 5. The van der Waals surface area contributed by atoms with Crippen LogP contribution in [0.4, 0.5) is 4.79 Å². The van der Waals surface area contributed by atoms with Crippen LogP contribution in [0.2, 0.25) is 0 Å². The topological polar surface area (TPSA) is 50.8 Å². The predicted octanol–water partition coefficient (Wildman–Crippen LogP) is 3.01. The zero-order valence-corrected chi connectivity index (χ0v) is 14.4. The van der Waals surface area contributed by atoms with Crippen LogP contribution >= 0.6 is 11.3 Å². The molecule has 3 rings (SSSR count). The minimum atomic E-state index is 0.0347. The SMILES string of the molecule is O=C(NCc1cccs1)N1CCC(OC[C@@H]2CCCCO2)CC1. The van der Waals surface area contributed by atoms with Gasteiger partial charge in [0.05, 0.1) is 25.4 Å². The van der Waals surface area contributed by atoms with Crippen molar-refractivity contribution in [3.05, 3.63) is 22.4 Å². The summed E-state index contributed by atoms with van der Waals surface area (Å²) in [7, 11) is 0. The normalized spacial score (nSPS) is 23.0. The van der Waals surface area contributed by atoms with E-state index in [9.17, 15) is 4.79 Å². The number of nitrogens with one attached hydrogen (secondary N) is 1. The summed E-state index contributed by atoms with van der Waals surface area (Å²) in [5, 5.41) is 5.02. The van der Waals surface area contributed by atoms with Gasteiger partial charge in [-0.3, -0.25) is 0 Å². The average Bonchev–Trinajstić information content (AvgIpc) is 3.13. The molecule has 0 spiro atoms. The number of piperidine rings is 1. The molecule has 3 heterocycles. The number of carbonyl (C=O) groups excluding carboxylic acids is 1. The van der Waals surface area contributed by atoms with Crippen LogP contribution in [-0.4, -0.2) is 49.4 Å². The predicted molar refractivity (Wildman–Crippen MR) is 90.7 cm³/mol. The van der Waals surface area contributed by atoms with Gasteiger partial charge in [-0.2, -0.15) is 0 Å². The molecule has 23 heavy (non-hydrogen) atoms. The summed E-state index contributed by atoms with van der Waals surface area (Å²) >= 11 is 1.67. The lowest BCUT2D eigenvalue weighted by atomic mass is 10.1. The molecule has 2 amide bonds. The highest BCUT2D eigenvalue weighted by Gasteiger charge is 2.24. The van der Waals surface area contributed by atoms with Gasteiger partial charge in [0.2, 0.25) is 0 Å². The van der Waals surface area contributed by atoms with Gasteiger partial charge in [0.25, 0.3) is 0 Å². The summed E-state index contributed by atoms with van der Waals surface area (Å²) in [5.74, 6) is 0. The first-order valence-electron chi connectivity index (χ1n) is 8.59. The van der Waals surface area contributed by atoms with Crippen molar-refractivity contribution < 1.29 is 14.3 Å². The van der Waals surface area contributed by atoms with Crippen molar-refractivity contribution in [2.75, 3.05) is 26.3 Å². The minimum Gasteiger partial charge on any atom is -0.376 e. The Hall–Kier alpha value is -1.11. The number of carbonyl (C=O) groups is 1. The molecule has 0 radical (unpaired) electrons. The van der Waals surface area contributed by atoms with E-state index < -0.39 is 0 Å². The maximum Gasteiger partial charge on any atom is 0.317 e. The first kappa shape index (κ1) is 16.7. The van der Waals surface area contributed by atoms with E-state index in [2.05, 4.69) is 5.32 Å². The third-order valence-electron chi connectivity index (χ3n) is 4.51. The highest BCUT2D eigenvalue weighted by atomic mass is 32.1. The van der Waals surface area contributed by atoms with E-state index in [1.54, 1.807) is 11.3 Å². The van der Waals surface area contributed by atoms with E-state index in [1.165, 1.54) is 17.7 Å². The van der Waals surface area contributed by atoms with Gasteiger partial charge in [-0.1, -0.05) is 6.07 Å².